The highest BCUT2D eigenvalue weighted by Gasteiger charge is 2.31. The first-order valence-electron chi connectivity index (χ1n) is 12.7. The quantitative estimate of drug-likeness (QED) is 0.0974. The Balaban J connectivity index is 1.52. The van der Waals surface area contributed by atoms with Gasteiger partial charge in [0.15, 0.2) is 0 Å². The van der Waals surface area contributed by atoms with E-state index in [0.717, 1.165) is 36.5 Å². The summed E-state index contributed by atoms with van der Waals surface area (Å²) in [7, 11) is -4.24. The third kappa shape index (κ3) is 6.44. The van der Waals surface area contributed by atoms with Gasteiger partial charge in [-0.25, -0.2) is 13.0 Å². The predicted molar refractivity (Wildman–Crippen MR) is 163 cm³/mol. The number of nitro benzene ring substituents is 1. The van der Waals surface area contributed by atoms with Gasteiger partial charge in [0.05, 0.1) is 32.8 Å². The molecule has 0 saturated heterocycles. The van der Waals surface area contributed by atoms with E-state index in [1.165, 1.54) is 48.5 Å². The summed E-state index contributed by atoms with van der Waals surface area (Å²) < 4.78 is 68.8. The molecule has 11 nitrogen and oxygen atoms in total. The third-order valence-electron chi connectivity index (χ3n) is 6.49. The smallest absolute Gasteiger partial charge is 0.416 e. The van der Waals surface area contributed by atoms with Crippen molar-refractivity contribution in [3.05, 3.63) is 128 Å². The highest BCUT2D eigenvalue weighted by molar-refractivity contribution is 7.92. The van der Waals surface area contributed by atoms with Gasteiger partial charge < -0.3 is 5.11 Å². The molecule has 0 aliphatic rings. The highest BCUT2D eigenvalue weighted by Crippen LogP contribution is 2.33. The van der Waals surface area contributed by atoms with Crippen molar-refractivity contribution < 1.29 is 31.6 Å². The first-order chi connectivity index (χ1) is 21.3. The van der Waals surface area contributed by atoms with Crippen molar-refractivity contribution in [1.82, 2.24) is 4.57 Å². The minimum Gasteiger partial charge on any atom is -0.494 e. The number of nitrogens with one attached hydrogen (secondary N) is 2. The number of nitrogens with zero attached hydrogens (tertiary/aromatic N) is 3. The maximum absolute atomic E-state index is 13.4. The molecule has 0 unspecified atom stereocenters. The Morgan fingerprint density at radius 3 is 2.31 bits per heavy atom. The fourth-order valence-corrected chi connectivity index (χ4v) is 5.58. The first-order valence-corrected chi connectivity index (χ1v) is 14.5. The van der Waals surface area contributed by atoms with E-state index in [1.54, 1.807) is 6.07 Å². The number of sulfonamides is 1. The van der Waals surface area contributed by atoms with Gasteiger partial charge >= 0.3 is 6.18 Å². The molecule has 0 radical (unpaired) electrons. The van der Waals surface area contributed by atoms with Gasteiger partial charge in [0.25, 0.3) is 21.3 Å². The van der Waals surface area contributed by atoms with Crippen LogP contribution in [0, 0.1) is 10.1 Å². The summed E-state index contributed by atoms with van der Waals surface area (Å²) in [5, 5.41) is 27.5. The molecule has 0 saturated carbocycles. The second-order valence-electron chi connectivity index (χ2n) is 9.39. The number of benzene rings is 4. The average Bonchev–Trinajstić information content (AvgIpc) is 2.99. The number of hydrazone groups is 1. The summed E-state index contributed by atoms with van der Waals surface area (Å²) in [5.41, 5.74) is -0.487. The molecule has 4 aromatic carbocycles. The molecule has 0 atom stereocenters. The van der Waals surface area contributed by atoms with Crippen LogP contribution in [0.25, 0.3) is 16.5 Å². The van der Waals surface area contributed by atoms with Gasteiger partial charge in [-0.05, 0) is 60.7 Å². The zero-order valence-corrected chi connectivity index (χ0v) is 24.1. The number of aromatic nitrogens is 1. The predicted octanol–water partition coefficient (Wildman–Crippen LogP) is 6.52. The lowest BCUT2D eigenvalue weighted by Crippen LogP contribution is -2.20. The number of aromatic hydroxyl groups is 1. The Kier molecular flexibility index (Phi) is 8.23. The Hall–Kier alpha value is -5.41. The molecule has 0 spiro atoms. The van der Waals surface area contributed by atoms with Gasteiger partial charge in [0.2, 0.25) is 5.88 Å². The van der Waals surface area contributed by atoms with Crippen LogP contribution in [-0.2, 0) is 16.2 Å². The topological polar surface area (TPSA) is 156 Å². The summed E-state index contributed by atoms with van der Waals surface area (Å²) in [6.45, 7) is 0. The van der Waals surface area contributed by atoms with Gasteiger partial charge in [0, 0.05) is 27.5 Å². The Bertz CT molecular complexity index is 2150. The molecule has 5 rings (SSSR count). The number of nitro groups is 1. The van der Waals surface area contributed by atoms with Crippen LogP contribution in [-0.4, -0.2) is 29.2 Å². The van der Waals surface area contributed by atoms with Crippen LogP contribution in [0.5, 0.6) is 5.88 Å². The largest absolute Gasteiger partial charge is 0.494 e. The van der Waals surface area contributed by atoms with Crippen molar-refractivity contribution in [1.29, 1.82) is 0 Å². The van der Waals surface area contributed by atoms with Crippen LogP contribution >= 0.6 is 11.6 Å². The molecule has 0 bridgehead atoms. The van der Waals surface area contributed by atoms with Gasteiger partial charge in [-0.1, -0.05) is 35.9 Å². The van der Waals surface area contributed by atoms with Crippen molar-refractivity contribution in [2.45, 2.75) is 11.1 Å². The lowest BCUT2D eigenvalue weighted by atomic mass is 10.1. The van der Waals surface area contributed by atoms with Crippen molar-refractivity contribution in [3.63, 3.8) is 0 Å². The summed E-state index contributed by atoms with van der Waals surface area (Å²) in [6.07, 6.45) is -3.69. The molecule has 1 aromatic heterocycles. The van der Waals surface area contributed by atoms with Crippen LogP contribution in [0.15, 0.2) is 106 Å². The summed E-state index contributed by atoms with van der Waals surface area (Å²) in [4.78, 5) is 23.8. The molecule has 16 heteroatoms. The maximum atomic E-state index is 13.4. The number of pyridine rings is 1. The minimum atomic E-state index is -4.71. The zero-order chi connectivity index (χ0) is 32.5. The lowest BCUT2D eigenvalue weighted by Gasteiger charge is -2.15. The second-order valence-corrected chi connectivity index (χ2v) is 11.5. The van der Waals surface area contributed by atoms with Crippen molar-refractivity contribution >= 4 is 55.7 Å². The van der Waals surface area contributed by atoms with Crippen molar-refractivity contribution in [2.24, 2.45) is 5.10 Å². The number of rotatable bonds is 8. The van der Waals surface area contributed by atoms with E-state index in [1.807, 2.05) is 0 Å². The highest BCUT2D eigenvalue weighted by atomic mass is 35.5. The lowest BCUT2D eigenvalue weighted by molar-refractivity contribution is -0.384. The zero-order valence-electron chi connectivity index (χ0n) is 22.5. The van der Waals surface area contributed by atoms with Crippen LogP contribution in [0.1, 0.15) is 11.1 Å². The van der Waals surface area contributed by atoms with Crippen LogP contribution < -0.4 is 15.7 Å². The molecule has 0 aliphatic heterocycles. The maximum Gasteiger partial charge on any atom is 0.416 e. The molecule has 230 valence electrons. The molecule has 1 heterocycles. The molecule has 5 aromatic rings. The number of alkyl halides is 3. The SMILES string of the molecule is O=c1c2ccccc2c(/C=N/Nc2ccc(S(=O)(=O)Nc3ccc(Cl)cc3)cc2[N+](=O)[O-])c(O)n1-c1cccc(C(F)(F)F)c1. The monoisotopic (exact) mass is 657 g/mol. The van der Waals surface area contributed by atoms with E-state index in [2.05, 4.69) is 15.2 Å². The van der Waals surface area contributed by atoms with E-state index in [-0.39, 0.29) is 33.4 Å². The van der Waals surface area contributed by atoms with Gasteiger partial charge in [-0.15, -0.1) is 0 Å². The number of anilines is 2. The van der Waals surface area contributed by atoms with E-state index in [4.69, 9.17) is 11.6 Å². The first kappa shape index (κ1) is 31.0. The minimum absolute atomic E-state index is 0.0443. The number of hydrogen-bond acceptors (Lipinski definition) is 8. The van der Waals surface area contributed by atoms with Gasteiger partial charge in [-0.2, -0.15) is 18.3 Å². The van der Waals surface area contributed by atoms with Gasteiger partial charge in [-0.3, -0.25) is 25.1 Å². The fourth-order valence-electron chi connectivity index (χ4n) is 4.37. The van der Waals surface area contributed by atoms with Crippen molar-refractivity contribution in [3.8, 4) is 11.6 Å². The standard InChI is InChI=1S/C29H19ClF3N5O6S/c30-18-8-10-19(11-9-18)36-45(43,44)21-12-13-25(26(15-21)38(41)42)35-34-16-24-22-6-1-2-7-23(22)27(39)37(28(24)40)20-5-3-4-17(14-20)29(31,32)33/h1-16,35-36,40H/b34-16+. The average molecular weight is 658 g/mol. The molecule has 0 fully saturated rings. The number of halogens is 4. The molecular weight excluding hydrogens is 639 g/mol. The van der Waals surface area contributed by atoms with E-state index >= 15 is 0 Å². The summed E-state index contributed by atoms with van der Waals surface area (Å²) in [5.74, 6) is -0.743. The van der Waals surface area contributed by atoms with E-state index in [0.29, 0.717) is 15.7 Å². The summed E-state index contributed by atoms with van der Waals surface area (Å²) in [6, 6.07) is 18.5. The summed E-state index contributed by atoms with van der Waals surface area (Å²) >= 11 is 5.82. The van der Waals surface area contributed by atoms with Crippen LogP contribution in [0.2, 0.25) is 5.02 Å². The Labute approximate surface area is 257 Å². The van der Waals surface area contributed by atoms with Gasteiger partial charge in [0.1, 0.15) is 5.69 Å². The fraction of sp³-hybridized carbons (Fsp3) is 0.0345. The third-order valence-corrected chi connectivity index (χ3v) is 8.12. The van der Waals surface area contributed by atoms with E-state index < -0.39 is 48.7 Å². The van der Waals surface area contributed by atoms with E-state index in [9.17, 15) is 41.6 Å². The Morgan fingerprint density at radius 1 is 0.956 bits per heavy atom. The number of fused-ring (bicyclic) bond motifs is 1. The van der Waals surface area contributed by atoms with Crippen LogP contribution in [0.3, 0.4) is 0 Å². The van der Waals surface area contributed by atoms with Crippen molar-refractivity contribution in [2.75, 3.05) is 10.1 Å². The molecule has 3 N–H and O–H groups in total. The molecule has 0 amide bonds. The Morgan fingerprint density at radius 2 is 1.64 bits per heavy atom. The molecule has 45 heavy (non-hydrogen) atoms. The molecule has 0 aliphatic carbocycles. The number of hydrogen-bond donors (Lipinski definition) is 3. The second kappa shape index (κ2) is 11.9. The van der Waals surface area contributed by atoms with Crippen LogP contribution in [0.4, 0.5) is 30.2 Å². The molecular formula is C29H19ClF3N5O6S. The normalized spacial score (nSPS) is 12.0.